The molecule has 0 unspecified atom stereocenters. The summed E-state index contributed by atoms with van der Waals surface area (Å²) in [4.78, 5) is 9.76. The van der Waals surface area contributed by atoms with Gasteiger partial charge in [0.05, 0.1) is 4.92 Å². The maximum atomic E-state index is 10.3. The summed E-state index contributed by atoms with van der Waals surface area (Å²) in [6.07, 6.45) is 0.895. The molecule has 0 aliphatic heterocycles. The third kappa shape index (κ3) is 5.52. The third-order valence-corrected chi connectivity index (χ3v) is 3.77. The molecule has 0 radical (unpaired) electrons. The molecule has 0 aliphatic carbocycles. The summed E-state index contributed by atoms with van der Waals surface area (Å²) < 4.78 is 4.34. The number of hydrogen-bond donors (Lipinski definition) is 2. The topological polar surface area (TPSA) is 93.0 Å². The quantitative estimate of drug-likeness (QED) is 0.425. The van der Waals surface area contributed by atoms with E-state index in [0.29, 0.717) is 22.5 Å². The van der Waals surface area contributed by atoms with Gasteiger partial charge < -0.3 is 10.6 Å². The van der Waals surface area contributed by atoms with Gasteiger partial charge in [-0.1, -0.05) is 16.1 Å². The van der Waals surface area contributed by atoms with E-state index in [1.165, 1.54) is 0 Å². The fraction of sp³-hybridized carbons (Fsp3) is 0.500. The second-order valence-corrected chi connectivity index (χ2v) is 5.51. The second kappa shape index (κ2) is 8.11. The van der Waals surface area contributed by atoms with Gasteiger partial charge in [-0.05, 0) is 0 Å². The maximum absolute atomic E-state index is 10.3. The Bertz CT molecular complexity index is 425. The Kier molecular flexibility index (Phi) is 6.76. The molecule has 1 heterocycles. The Labute approximate surface area is 117 Å². The lowest BCUT2D eigenvalue weighted by Crippen LogP contribution is -2.26. The molecule has 0 fully saturated rings. The lowest BCUT2D eigenvalue weighted by atomic mass is 10.6. The van der Waals surface area contributed by atoms with Crippen molar-refractivity contribution in [3.8, 4) is 0 Å². The first-order valence-electron chi connectivity index (χ1n) is 4.95. The summed E-state index contributed by atoms with van der Waals surface area (Å²) in [7, 11) is 1.62. The van der Waals surface area contributed by atoms with Gasteiger partial charge in [-0.25, -0.2) is 0 Å². The zero-order valence-electron chi connectivity index (χ0n) is 9.55. The van der Waals surface area contributed by atoms with E-state index >= 15 is 0 Å². The van der Waals surface area contributed by atoms with Crippen LogP contribution in [0.2, 0.25) is 4.34 Å². The minimum Gasteiger partial charge on any atom is -0.370 e. The SMILES string of the molecule is CNC(=C[N+](=O)[O-])NCCSCc1nnsc1Cl. The Hall–Kier alpha value is -1.06. The summed E-state index contributed by atoms with van der Waals surface area (Å²) in [6, 6.07) is 0. The fourth-order valence-corrected chi connectivity index (χ4v) is 2.60. The lowest BCUT2D eigenvalue weighted by molar-refractivity contribution is -0.404. The molecule has 0 atom stereocenters. The lowest BCUT2D eigenvalue weighted by Gasteiger charge is -2.06. The van der Waals surface area contributed by atoms with Gasteiger partial charge in [-0.3, -0.25) is 10.1 Å². The van der Waals surface area contributed by atoms with Crippen LogP contribution in [0.25, 0.3) is 0 Å². The highest BCUT2D eigenvalue weighted by Gasteiger charge is 2.05. The average molecular weight is 310 g/mol. The van der Waals surface area contributed by atoms with Gasteiger partial charge in [0.25, 0.3) is 6.20 Å². The summed E-state index contributed by atoms with van der Waals surface area (Å²) >= 11 is 8.65. The third-order valence-electron chi connectivity index (χ3n) is 1.81. The molecule has 2 N–H and O–H groups in total. The van der Waals surface area contributed by atoms with Gasteiger partial charge in [0.15, 0.2) is 5.82 Å². The van der Waals surface area contributed by atoms with Gasteiger partial charge in [0.1, 0.15) is 10.0 Å². The van der Waals surface area contributed by atoms with Crippen LogP contribution in [-0.2, 0) is 5.75 Å². The zero-order valence-corrected chi connectivity index (χ0v) is 11.9. The molecule has 0 bridgehead atoms. The van der Waals surface area contributed by atoms with Crippen molar-refractivity contribution in [2.24, 2.45) is 0 Å². The number of nitrogens with zero attached hydrogens (tertiary/aromatic N) is 3. The van der Waals surface area contributed by atoms with Crippen LogP contribution in [0.5, 0.6) is 0 Å². The smallest absolute Gasteiger partial charge is 0.274 e. The summed E-state index contributed by atoms with van der Waals surface area (Å²) in [5.41, 5.74) is 0.779. The Morgan fingerprint density at radius 1 is 1.72 bits per heavy atom. The van der Waals surface area contributed by atoms with E-state index < -0.39 is 4.92 Å². The molecule has 100 valence electrons. The first-order chi connectivity index (χ1) is 8.63. The van der Waals surface area contributed by atoms with E-state index in [4.69, 9.17) is 11.6 Å². The minimum atomic E-state index is -0.507. The maximum Gasteiger partial charge on any atom is 0.274 e. The van der Waals surface area contributed by atoms with Gasteiger partial charge in [-0.2, -0.15) is 11.8 Å². The van der Waals surface area contributed by atoms with Crippen molar-refractivity contribution in [3.63, 3.8) is 0 Å². The Morgan fingerprint density at radius 3 is 3.06 bits per heavy atom. The largest absolute Gasteiger partial charge is 0.370 e. The van der Waals surface area contributed by atoms with E-state index in [0.717, 1.165) is 29.2 Å². The molecule has 0 spiro atoms. The summed E-state index contributed by atoms with van der Waals surface area (Å²) in [5.74, 6) is 1.85. The highest BCUT2D eigenvalue weighted by atomic mass is 35.5. The number of nitrogens with one attached hydrogen (secondary N) is 2. The molecule has 1 aromatic heterocycles. The van der Waals surface area contributed by atoms with E-state index in [1.807, 2.05) is 0 Å². The van der Waals surface area contributed by atoms with Crippen molar-refractivity contribution in [1.29, 1.82) is 0 Å². The van der Waals surface area contributed by atoms with Crippen LogP contribution in [0.1, 0.15) is 5.69 Å². The van der Waals surface area contributed by atoms with E-state index in [9.17, 15) is 10.1 Å². The fourth-order valence-electron chi connectivity index (χ4n) is 1.01. The monoisotopic (exact) mass is 309 g/mol. The molecule has 1 aromatic rings. The van der Waals surface area contributed by atoms with Crippen LogP contribution in [0.3, 0.4) is 0 Å². The molecule has 0 saturated carbocycles. The number of thioether (sulfide) groups is 1. The normalized spacial score (nSPS) is 11.3. The first kappa shape index (κ1) is 15.0. The number of rotatable bonds is 8. The van der Waals surface area contributed by atoms with Crippen molar-refractivity contribution in [1.82, 2.24) is 20.2 Å². The van der Waals surface area contributed by atoms with Crippen LogP contribution in [0.4, 0.5) is 0 Å². The van der Waals surface area contributed by atoms with Crippen molar-refractivity contribution >= 4 is 34.9 Å². The molecular weight excluding hydrogens is 298 g/mol. The van der Waals surface area contributed by atoms with Gasteiger partial charge >= 0.3 is 0 Å². The van der Waals surface area contributed by atoms with E-state index in [-0.39, 0.29) is 0 Å². The van der Waals surface area contributed by atoms with E-state index in [2.05, 4.69) is 20.2 Å². The number of halogens is 1. The second-order valence-electron chi connectivity index (χ2n) is 3.05. The van der Waals surface area contributed by atoms with Gasteiger partial charge in [0.2, 0.25) is 0 Å². The number of nitro groups is 1. The van der Waals surface area contributed by atoms with Crippen LogP contribution >= 0.6 is 34.9 Å². The van der Waals surface area contributed by atoms with Crippen molar-refractivity contribution in [2.45, 2.75) is 5.75 Å². The van der Waals surface area contributed by atoms with Crippen LogP contribution in [-0.4, -0.2) is 33.9 Å². The number of hydrogen-bond acceptors (Lipinski definition) is 8. The van der Waals surface area contributed by atoms with Crippen LogP contribution in [0.15, 0.2) is 12.0 Å². The zero-order chi connectivity index (χ0) is 13.4. The van der Waals surface area contributed by atoms with Crippen LogP contribution < -0.4 is 10.6 Å². The molecule has 0 saturated heterocycles. The molecule has 0 aromatic carbocycles. The standard InChI is InChI=1S/C8H12ClN5O2S2/c1-10-7(4-14(15)16)11-2-3-17-5-6-8(9)18-13-12-6/h4,10-11H,2-3,5H2,1H3. The van der Waals surface area contributed by atoms with Crippen LogP contribution in [0, 0.1) is 10.1 Å². The first-order valence-corrected chi connectivity index (χ1v) is 7.25. The molecule has 0 aliphatic rings. The number of aromatic nitrogens is 2. The predicted molar refractivity (Wildman–Crippen MR) is 73.2 cm³/mol. The highest BCUT2D eigenvalue weighted by Crippen LogP contribution is 2.21. The van der Waals surface area contributed by atoms with Crippen molar-refractivity contribution in [2.75, 3.05) is 19.3 Å². The highest BCUT2D eigenvalue weighted by molar-refractivity contribution is 7.98. The van der Waals surface area contributed by atoms with Gasteiger partial charge in [-0.15, -0.1) is 5.10 Å². The molecule has 7 nitrogen and oxygen atoms in total. The Morgan fingerprint density at radius 2 is 2.50 bits per heavy atom. The molecule has 18 heavy (non-hydrogen) atoms. The molecule has 1 rings (SSSR count). The van der Waals surface area contributed by atoms with Gasteiger partial charge in [0, 0.05) is 36.6 Å². The Balaban J connectivity index is 2.19. The predicted octanol–water partition coefficient (Wildman–Crippen LogP) is 1.31. The van der Waals surface area contributed by atoms with Crippen molar-refractivity contribution < 1.29 is 4.92 Å². The van der Waals surface area contributed by atoms with E-state index in [1.54, 1.807) is 18.8 Å². The molecule has 10 heteroatoms. The average Bonchev–Trinajstić information content (AvgIpc) is 2.72. The minimum absolute atomic E-state index is 0.383. The molecular formula is C8H12ClN5O2S2. The molecule has 0 amide bonds. The summed E-state index contributed by atoms with van der Waals surface area (Å²) in [6.45, 7) is 0.611. The summed E-state index contributed by atoms with van der Waals surface area (Å²) in [5, 5.41) is 19.8. The van der Waals surface area contributed by atoms with Crippen molar-refractivity contribution in [3.05, 3.63) is 32.2 Å².